The van der Waals surface area contributed by atoms with Crippen LogP contribution in [0.2, 0.25) is 5.02 Å². The van der Waals surface area contributed by atoms with Gasteiger partial charge >= 0.3 is 0 Å². The average molecular weight is 454 g/mol. The second-order valence-corrected chi connectivity index (χ2v) is 8.58. The smallest absolute Gasteiger partial charge is 0.277 e. The number of hydrogen-bond donors (Lipinski definition) is 0. The van der Waals surface area contributed by atoms with Gasteiger partial charge in [-0.25, -0.2) is 0 Å². The van der Waals surface area contributed by atoms with E-state index in [1.54, 1.807) is 24.3 Å². The van der Waals surface area contributed by atoms with Gasteiger partial charge in [-0.3, -0.25) is 19.4 Å². The molecule has 1 fully saturated rings. The zero-order valence-electron chi connectivity index (χ0n) is 18.3. The second-order valence-electron chi connectivity index (χ2n) is 8.14. The zero-order chi connectivity index (χ0) is 22.5. The first-order chi connectivity index (χ1) is 15.5. The minimum absolute atomic E-state index is 0.236. The Morgan fingerprint density at radius 3 is 2.31 bits per heavy atom. The number of likely N-dealkylation sites (N-methyl/N-ethyl adjacent to an activating group) is 1. The van der Waals surface area contributed by atoms with Crippen LogP contribution in [0.15, 0.2) is 60.3 Å². The van der Waals surface area contributed by atoms with Crippen molar-refractivity contribution < 1.29 is 14.3 Å². The molecule has 0 bridgehead atoms. The molecule has 0 aliphatic carbocycles. The Morgan fingerprint density at radius 1 is 0.938 bits per heavy atom. The van der Waals surface area contributed by atoms with Gasteiger partial charge in [0, 0.05) is 44.8 Å². The molecule has 2 heterocycles. The van der Waals surface area contributed by atoms with Crippen LogP contribution in [0.5, 0.6) is 0 Å². The Balaban J connectivity index is 1.55. The lowest BCUT2D eigenvalue weighted by atomic mass is 10.0. The molecule has 1 saturated heterocycles. The highest BCUT2D eigenvalue weighted by atomic mass is 35.5. The van der Waals surface area contributed by atoms with Crippen molar-refractivity contribution in [1.82, 2.24) is 14.7 Å². The summed E-state index contributed by atoms with van der Waals surface area (Å²) in [7, 11) is 1.86. The Bertz CT molecular complexity index is 985. The molecule has 2 aliphatic rings. The third-order valence-corrected chi connectivity index (χ3v) is 6.13. The third-order valence-electron chi connectivity index (χ3n) is 5.88. The van der Waals surface area contributed by atoms with E-state index in [-0.39, 0.29) is 11.8 Å². The summed E-state index contributed by atoms with van der Waals surface area (Å²) in [6.45, 7) is 5.02. The maximum atomic E-state index is 13.4. The van der Waals surface area contributed by atoms with E-state index < -0.39 is 0 Å². The molecule has 4 rings (SSSR count). The van der Waals surface area contributed by atoms with Crippen molar-refractivity contribution in [2.24, 2.45) is 0 Å². The van der Waals surface area contributed by atoms with Crippen LogP contribution in [0.3, 0.4) is 0 Å². The van der Waals surface area contributed by atoms with Gasteiger partial charge in [-0.05, 0) is 29.7 Å². The van der Waals surface area contributed by atoms with Crippen LogP contribution in [0.25, 0.3) is 5.57 Å². The molecule has 0 atom stereocenters. The Hall–Kier alpha value is -2.67. The van der Waals surface area contributed by atoms with Crippen molar-refractivity contribution in [2.75, 3.05) is 46.4 Å². The predicted molar refractivity (Wildman–Crippen MR) is 125 cm³/mol. The molecule has 32 heavy (non-hydrogen) atoms. The van der Waals surface area contributed by atoms with Gasteiger partial charge in [0.1, 0.15) is 5.70 Å². The first-order valence-corrected chi connectivity index (χ1v) is 11.3. The molecule has 0 radical (unpaired) electrons. The summed E-state index contributed by atoms with van der Waals surface area (Å²) >= 11 is 6.06. The molecular weight excluding hydrogens is 426 g/mol. The van der Waals surface area contributed by atoms with Gasteiger partial charge in [-0.15, -0.1) is 0 Å². The fourth-order valence-electron chi connectivity index (χ4n) is 4.21. The van der Waals surface area contributed by atoms with Gasteiger partial charge in [0.15, 0.2) is 0 Å². The highest BCUT2D eigenvalue weighted by Gasteiger charge is 2.40. The standard InChI is InChI=1S/C25H28ClN3O3/c1-27(18-19-6-3-2-4-7-19)23-22(20-8-10-21(26)11-9-20)24(30)29(25(23)31)13-5-12-28-14-16-32-17-15-28/h2-4,6-11H,5,12-18H2,1H3. The van der Waals surface area contributed by atoms with Gasteiger partial charge in [0.05, 0.1) is 18.8 Å². The monoisotopic (exact) mass is 453 g/mol. The molecule has 2 aliphatic heterocycles. The summed E-state index contributed by atoms with van der Waals surface area (Å²) in [6, 6.07) is 17.0. The fourth-order valence-corrected chi connectivity index (χ4v) is 4.34. The molecular formula is C25H28ClN3O3. The number of morpholine rings is 1. The topological polar surface area (TPSA) is 53.1 Å². The summed E-state index contributed by atoms with van der Waals surface area (Å²) in [6.07, 6.45) is 0.737. The maximum absolute atomic E-state index is 13.4. The molecule has 0 saturated carbocycles. The molecule has 2 aromatic rings. The number of amides is 2. The highest BCUT2D eigenvalue weighted by Crippen LogP contribution is 2.32. The lowest BCUT2D eigenvalue weighted by Gasteiger charge is -2.27. The van der Waals surface area contributed by atoms with E-state index in [0.29, 0.717) is 34.9 Å². The van der Waals surface area contributed by atoms with E-state index in [1.165, 1.54) is 4.90 Å². The number of carbonyl (C=O) groups excluding carboxylic acids is 2. The number of carbonyl (C=O) groups is 2. The average Bonchev–Trinajstić information content (AvgIpc) is 3.06. The molecule has 0 spiro atoms. The number of imide groups is 1. The Kier molecular flexibility index (Phi) is 7.25. The van der Waals surface area contributed by atoms with E-state index in [2.05, 4.69) is 4.90 Å². The van der Waals surface area contributed by atoms with E-state index in [1.807, 2.05) is 42.3 Å². The van der Waals surface area contributed by atoms with Gasteiger partial charge in [-0.2, -0.15) is 0 Å². The van der Waals surface area contributed by atoms with Crippen LogP contribution in [0, 0.1) is 0 Å². The van der Waals surface area contributed by atoms with Gasteiger partial charge in [-0.1, -0.05) is 54.1 Å². The first kappa shape index (κ1) is 22.5. The van der Waals surface area contributed by atoms with Crippen molar-refractivity contribution >= 4 is 29.0 Å². The Morgan fingerprint density at radius 2 is 1.62 bits per heavy atom. The van der Waals surface area contributed by atoms with Crippen LogP contribution in [0.1, 0.15) is 17.5 Å². The van der Waals surface area contributed by atoms with Gasteiger partial charge < -0.3 is 9.64 Å². The van der Waals surface area contributed by atoms with E-state index in [0.717, 1.165) is 44.8 Å². The summed E-state index contributed by atoms with van der Waals surface area (Å²) in [5.74, 6) is -0.477. The quantitative estimate of drug-likeness (QED) is 0.574. The van der Waals surface area contributed by atoms with Crippen LogP contribution in [0.4, 0.5) is 0 Å². The van der Waals surface area contributed by atoms with Crippen LogP contribution in [-0.2, 0) is 20.9 Å². The summed E-state index contributed by atoms with van der Waals surface area (Å²) in [4.78, 5) is 32.4. The SMILES string of the molecule is CN(Cc1ccccc1)C1=C(c2ccc(Cl)cc2)C(=O)N(CCCN2CCOCC2)C1=O. The second kappa shape index (κ2) is 10.3. The number of ether oxygens (including phenoxy) is 1. The number of nitrogens with zero attached hydrogens (tertiary/aromatic N) is 3. The zero-order valence-corrected chi connectivity index (χ0v) is 19.1. The van der Waals surface area contributed by atoms with Crippen LogP contribution >= 0.6 is 11.6 Å². The lowest BCUT2D eigenvalue weighted by Crippen LogP contribution is -2.39. The van der Waals surface area contributed by atoms with Crippen molar-refractivity contribution in [3.63, 3.8) is 0 Å². The highest BCUT2D eigenvalue weighted by molar-refractivity contribution is 6.36. The minimum atomic E-state index is -0.241. The maximum Gasteiger partial charge on any atom is 0.277 e. The van der Waals surface area contributed by atoms with E-state index in [9.17, 15) is 9.59 Å². The van der Waals surface area contributed by atoms with Crippen molar-refractivity contribution in [1.29, 1.82) is 0 Å². The molecule has 168 valence electrons. The van der Waals surface area contributed by atoms with E-state index >= 15 is 0 Å². The fraction of sp³-hybridized carbons (Fsp3) is 0.360. The molecule has 6 nitrogen and oxygen atoms in total. The number of halogens is 1. The van der Waals surface area contributed by atoms with Crippen LogP contribution in [-0.4, -0.2) is 73.0 Å². The summed E-state index contributed by atoms with van der Waals surface area (Å²) in [5, 5.41) is 0.590. The molecule has 0 N–H and O–H groups in total. The molecule has 7 heteroatoms. The summed E-state index contributed by atoms with van der Waals surface area (Å²) in [5.41, 5.74) is 2.66. The van der Waals surface area contributed by atoms with Gasteiger partial charge in [0.25, 0.3) is 11.8 Å². The predicted octanol–water partition coefficient (Wildman–Crippen LogP) is 3.27. The normalized spacial score (nSPS) is 17.4. The number of rotatable bonds is 8. The van der Waals surface area contributed by atoms with Gasteiger partial charge in [0.2, 0.25) is 0 Å². The molecule has 2 aromatic carbocycles. The largest absolute Gasteiger partial charge is 0.379 e. The molecule has 0 unspecified atom stereocenters. The summed E-state index contributed by atoms with van der Waals surface area (Å²) < 4.78 is 5.39. The first-order valence-electron chi connectivity index (χ1n) is 11.0. The molecule has 0 aromatic heterocycles. The Labute approximate surface area is 194 Å². The third kappa shape index (κ3) is 5.04. The van der Waals surface area contributed by atoms with Crippen molar-refractivity contribution in [3.8, 4) is 0 Å². The van der Waals surface area contributed by atoms with E-state index in [4.69, 9.17) is 16.3 Å². The minimum Gasteiger partial charge on any atom is -0.379 e. The number of benzene rings is 2. The van der Waals surface area contributed by atoms with Crippen molar-refractivity contribution in [3.05, 3.63) is 76.4 Å². The van der Waals surface area contributed by atoms with Crippen LogP contribution < -0.4 is 0 Å². The lowest BCUT2D eigenvalue weighted by molar-refractivity contribution is -0.137. The number of hydrogen-bond acceptors (Lipinski definition) is 5. The van der Waals surface area contributed by atoms with Crippen molar-refractivity contribution in [2.45, 2.75) is 13.0 Å². The molecule has 2 amide bonds.